The Morgan fingerprint density at radius 1 is 1.22 bits per heavy atom. The summed E-state index contributed by atoms with van der Waals surface area (Å²) >= 11 is 3.43. The van der Waals surface area contributed by atoms with Crippen LogP contribution in [0, 0.1) is 5.92 Å². The van der Waals surface area contributed by atoms with Gasteiger partial charge in [0.25, 0.3) is 0 Å². The summed E-state index contributed by atoms with van der Waals surface area (Å²) in [5, 5.41) is 3.10. The lowest BCUT2D eigenvalue weighted by Gasteiger charge is -2.33. The van der Waals surface area contributed by atoms with Crippen molar-refractivity contribution in [1.29, 1.82) is 0 Å². The van der Waals surface area contributed by atoms with Gasteiger partial charge in [-0.3, -0.25) is 4.79 Å². The van der Waals surface area contributed by atoms with Gasteiger partial charge in [-0.25, -0.2) is 4.79 Å². The van der Waals surface area contributed by atoms with Gasteiger partial charge in [0, 0.05) is 30.0 Å². The third-order valence-electron chi connectivity index (χ3n) is 4.60. The SMILES string of the molecule is CC(Cc1ccc(Br)cc1)NC(=O)CC1CCN(C(=O)OC(C)(C)C)CC1. The van der Waals surface area contributed by atoms with Crippen LogP contribution in [0.5, 0.6) is 0 Å². The quantitative estimate of drug-likeness (QED) is 0.733. The zero-order chi connectivity index (χ0) is 20.0. The van der Waals surface area contributed by atoms with Crippen molar-refractivity contribution < 1.29 is 14.3 Å². The molecule has 27 heavy (non-hydrogen) atoms. The molecule has 1 unspecified atom stereocenters. The third-order valence-corrected chi connectivity index (χ3v) is 5.13. The highest BCUT2D eigenvalue weighted by atomic mass is 79.9. The number of rotatable bonds is 5. The van der Waals surface area contributed by atoms with Crippen LogP contribution in [0.3, 0.4) is 0 Å². The Morgan fingerprint density at radius 2 is 1.81 bits per heavy atom. The average Bonchev–Trinajstić information content (AvgIpc) is 2.56. The Morgan fingerprint density at radius 3 is 2.37 bits per heavy atom. The molecule has 1 aliphatic heterocycles. The van der Waals surface area contributed by atoms with Crippen LogP contribution in [0.4, 0.5) is 4.79 Å². The second-order valence-corrected chi connectivity index (χ2v) is 9.33. The summed E-state index contributed by atoms with van der Waals surface area (Å²) in [6.07, 6.45) is 2.76. The summed E-state index contributed by atoms with van der Waals surface area (Å²) in [5.41, 5.74) is 0.732. The van der Waals surface area contributed by atoms with Crippen molar-refractivity contribution in [2.75, 3.05) is 13.1 Å². The van der Waals surface area contributed by atoms with Gasteiger partial charge in [-0.05, 0) is 70.6 Å². The first kappa shape index (κ1) is 21.7. The maximum atomic E-state index is 12.3. The van der Waals surface area contributed by atoms with E-state index >= 15 is 0 Å². The number of hydrogen-bond acceptors (Lipinski definition) is 3. The van der Waals surface area contributed by atoms with Crippen molar-refractivity contribution >= 4 is 27.9 Å². The van der Waals surface area contributed by atoms with Crippen LogP contribution in [0.25, 0.3) is 0 Å². The molecule has 5 nitrogen and oxygen atoms in total. The van der Waals surface area contributed by atoms with Gasteiger partial charge in [0.05, 0.1) is 0 Å². The predicted octanol–water partition coefficient (Wildman–Crippen LogP) is 4.53. The number of amides is 2. The number of nitrogens with one attached hydrogen (secondary N) is 1. The number of piperidine rings is 1. The van der Waals surface area contributed by atoms with E-state index in [4.69, 9.17) is 4.74 Å². The minimum absolute atomic E-state index is 0.0929. The number of likely N-dealkylation sites (tertiary alicyclic amines) is 1. The molecule has 1 fully saturated rings. The lowest BCUT2D eigenvalue weighted by Crippen LogP contribution is -2.43. The highest BCUT2D eigenvalue weighted by Gasteiger charge is 2.27. The van der Waals surface area contributed by atoms with E-state index in [2.05, 4.69) is 33.4 Å². The number of benzene rings is 1. The molecular formula is C21H31BrN2O3. The van der Waals surface area contributed by atoms with E-state index in [-0.39, 0.29) is 18.0 Å². The van der Waals surface area contributed by atoms with Crippen molar-refractivity contribution in [2.45, 2.75) is 65.0 Å². The fourth-order valence-corrected chi connectivity index (χ4v) is 3.53. The van der Waals surface area contributed by atoms with Crippen molar-refractivity contribution in [1.82, 2.24) is 10.2 Å². The highest BCUT2D eigenvalue weighted by Crippen LogP contribution is 2.22. The number of carbonyl (C=O) groups is 2. The fraction of sp³-hybridized carbons (Fsp3) is 0.619. The Labute approximate surface area is 171 Å². The van der Waals surface area contributed by atoms with Crippen molar-refractivity contribution in [3.63, 3.8) is 0 Å². The van der Waals surface area contributed by atoms with E-state index in [9.17, 15) is 9.59 Å². The van der Waals surface area contributed by atoms with E-state index in [1.807, 2.05) is 39.8 Å². The van der Waals surface area contributed by atoms with Crippen LogP contribution in [-0.2, 0) is 16.0 Å². The Kier molecular flexibility index (Phi) is 7.71. The molecule has 1 aromatic carbocycles. The largest absolute Gasteiger partial charge is 0.444 e. The van der Waals surface area contributed by atoms with Crippen LogP contribution in [0.2, 0.25) is 0 Å². The first-order chi connectivity index (χ1) is 12.6. The van der Waals surface area contributed by atoms with Crippen LogP contribution in [0.1, 0.15) is 52.5 Å². The monoisotopic (exact) mass is 438 g/mol. The molecule has 1 aromatic rings. The van der Waals surface area contributed by atoms with E-state index in [0.717, 1.165) is 23.7 Å². The first-order valence-electron chi connectivity index (χ1n) is 9.64. The molecule has 6 heteroatoms. The molecule has 1 atom stereocenters. The zero-order valence-electron chi connectivity index (χ0n) is 16.8. The minimum Gasteiger partial charge on any atom is -0.444 e. The van der Waals surface area contributed by atoms with Crippen LogP contribution < -0.4 is 5.32 Å². The predicted molar refractivity (Wildman–Crippen MR) is 111 cm³/mol. The molecule has 1 aliphatic rings. The molecule has 150 valence electrons. The van der Waals surface area contributed by atoms with E-state index in [0.29, 0.717) is 25.4 Å². The summed E-state index contributed by atoms with van der Waals surface area (Å²) in [6.45, 7) is 8.96. The second kappa shape index (κ2) is 9.58. The van der Waals surface area contributed by atoms with Gasteiger partial charge >= 0.3 is 6.09 Å². The van der Waals surface area contributed by atoms with Gasteiger partial charge in [-0.1, -0.05) is 28.1 Å². The first-order valence-corrected chi connectivity index (χ1v) is 10.4. The summed E-state index contributed by atoms with van der Waals surface area (Å²) in [5.74, 6) is 0.416. The maximum Gasteiger partial charge on any atom is 0.410 e. The van der Waals surface area contributed by atoms with Crippen LogP contribution in [-0.4, -0.2) is 41.6 Å². The molecule has 0 aromatic heterocycles. The molecule has 2 rings (SSSR count). The number of carbonyl (C=O) groups excluding carboxylic acids is 2. The standard InChI is InChI=1S/C21H31BrN2O3/c1-15(13-16-5-7-18(22)8-6-16)23-19(25)14-17-9-11-24(12-10-17)20(26)27-21(2,3)4/h5-8,15,17H,9-14H2,1-4H3,(H,23,25). The van der Waals surface area contributed by atoms with Crippen LogP contribution >= 0.6 is 15.9 Å². The normalized spacial score (nSPS) is 16.7. The smallest absolute Gasteiger partial charge is 0.410 e. The Bertz CT molecular complexity index is 632. The topological polar surface area (TPSA) is 58.6 Å². The molecule has 2 amide bonds. The molecule has 1 N–H and O–H groups in total. The summed E-state index contributed by atoms with van der Waals surface area (Å²) in [4.78, 5) is 26.2. The molecule has 0 spiro atoms. The van der Waals surface area contributed by atoms with Gasteiger partial charge in [0.1, 0.15) is 5.60 Å². The van der Waals surface area contributed by atoms with E-state index in [1.165, 1.54) is 5.56 Å². The number of ether oxygens (including phenoxy) is 1. The second-order valence-electron chi connectivity index (χ2n) is 8.41. The third kappa shape index (κ3) is 7.91. The van der Waals surface area contributed by atoms with Gasteiger partial charge in [0.2, 0.25) is 5.91 Å². The summed E-state index contributed by atoms with van der Waals surface area (Å²) in [6, 6.07) is 8.27. The molecule has 0 bridgehead atoms. The average molecular weight is 439 g/mol. The fourth-order valence-electron chi connectivity index (χ4n) is 3.27. The summed E-state index contributed by atoms with van der Waals surface area (Å²) < 4.78 is 6.47. The Balaban J connectivity index is 1.71. The molecular weight excluding hydrogens is 408 g/mol. The van der Waals surface area contributed by atoms with Gasteiger partial charge in [0.15, 0.2) is 0 Å². The lowest BCUT2D eigenvalue weighted by molar-refractivity contribution is -0.122. The van der Waals surface area contributed by atoms with Gasteiger partial charge in [-0.2, -0.15) is 0 Å². The zero-order valence-corrected chi connectivity index (χ0v) is 18.3. The lowest BCUT2D eigenvalue weighted by atomic mass is 9.93. The van der Waals surface area contributed by atoms with E-state index < -0.39 is 5.60 Å². The number of nitrogens with zero attached hydrogens (tertiary/aromatic N) is 1. The maximum absolute atomic E-state index is 12.3. The molecule has 0 aliphatic carbocycles. The van der Waals surface area contributed by atoms with Crippen molar-refractivity contribution in [3.05, 3.63) is 34.3 Å². The highest BCUT2D eigenvalue weighted by molar-refractivity contribution is 9.10. The van der Waals surface area contributed by atoms with Crippen LogP contribution in [0.15, 0.2) is 28.7 Å². The van der Waals surface area contributed by atoms with Gasteiger partial charge in [-0.15, -0.1) is 0 Å². The molecule has 0 saturated carbocycles. The van der Waals surface area contributed by atoms with Crippen molar-refractivity contribution in [2.24, 2.45) is 5.92 Å². The minimum atomic E-state index is -0.473. The summed E-state index contributed by atoms with van der Waals surface area (Å²) in [7, 11) is 0. The molecule has 1 heterocycles. The number of halogens is 1. The van der Waals surface area contributed by atoms with E-state index in [1.54, 1.807) is 4.90 Å². The Hall–Kier alpha value is -1.56. The molecule has 0 radical (unpaired) electrons. The van der Waals surface area contributed by atoms with Gasteiger partial charge < -0.3 is 15.0 Å². The number of hydrogen-bond donors (Lipinski definition) is 1. The molecule has 1 saturated heterocycles. The van der Waals surface area contributed by atoms with Crippen molar-refractivity contribution in [3.8, 4) is 0 Å².